The highest BCUT2D eigenvalue weighted by atomic mass is 35.5. The van der Waals surface area contributed by atoms with E-state index in [1.165, 1.54) is 44.6 Å². The highest BCUT2D eigenvalue weighted by Gasteiger charge is 2.33. The summed E-state index contributed by atoms with van der Waals surface area (Å²) >= 11 is 5.86. The van der Waals surface area contributed by atoms with Gasteiger partial charge in [-0.15, -0.1) is 10.2 Å². The van der Waals surface area contributed by atoms with Crippen LogP contribution in [0.4, 0.5) is 5.95 Å². The molecule has 3 aromatic rings. The van der Waals surface area contributed by atoms with Crippen LogP contribution in [0.3, 0.4) is 0 Å². The monoisotopic (exact) mass is 526 g/mol. The van der Waals surface area contributed by atoms with Crippen molar-refractivity contribution in [3.63, 3.8) is 0 Å². The molecule has 0 amide bonds. The summed E-state index contributed by atoms with van der Waals surface area (Å²) in [6, 6.07) is 0. The van der Waals surface area contributed by atoms with Crippen molar-refractivity contribution in [3.8, 4) is 17.4 Å². The quantitative estimate of drug-likeness (QED) is 0.391. The summed E-state index contributed by atoms with van der Waals surface area (Å²) in [6.07, 6.45) is 4.10. The standard InChI is InChI=1S/C20H27ClN8O5S/c1-7-14(32-4)17-26-27-20(29(17)15-18(33-5)24-10-25-19(15)34-6)28-35(30,31)12(3)11(2)16-22-8-13(21)9-23-16/h8-12,14H,7H2,1-6H3,(H,27,28). The van der Waals surface area contributed by atoms with Gasteiger partial charge in [-0.2, -0.15) is 9.97 Å². The van der Waals surface area contributed by atoms with Gasteiger partial charge in [-0.05, 0) is 13.3 Å². The van der Waals surface area contributed by atoms with Crippen molar-refractivity contribution in [1.82, 2.24) is 34.7 Å². The highest BCUT2D eigenvalue weighted by Crippen LogP contribution is 2.35. The molecule has 0 saturated carbocycles. The topological polar surface area (TPSA) is 156 Å². The Hall–Kier alpha value is -3.10. The van der Waals surface area contributed by atoms with Crippen LogP contribution < -0.4 is 14.2 Å². The van der Waals surface area contributed by atoms with E-state index in [1.807, 2.05) is 6.92 Å². The van der Waals surface area contributed by atoms with E-state index >= 15 is 0 Å². The Morgan fingerprint density at radius 2 is 1.63 bits per heavy atom. The smallest absolute Gasteiger partial charge is 0.245 e. The van der Waals surface area contributed by atoms with Gasteiger partial charge < -0.3 is 14.2 Å². The summed E-state index contributed by atoms with van der Waals surface area (Å²) in [5.74, 6) is 0.214. The first-order chi connectivity index (χ1) is 16.7. The Morgan fingerprint density at radius 3 is 2.14 bits per heavy atom. The maximum absolute atomic E-state index is 13.4. The van der Waals surface area contributed by atoms with E-state index in [9.17, 15) is 8.42 Å². The zero-order valence-corrected chi connectivity index (χ0v) is 21.7. The van der Waals surface area contributed by atoms with Gasteiger partial charge in [0.1, 0.15) is 18.3 Å². The van der Waals surface area contributed by atoms with Gasteiger partial charge >= 0.3 is 0 Å². The molecular weight excluding hydrogens is 500 g/mol. The average molecular weight is 527 g/mol. The molecule has 1 N–H and O–H groups in total. The first-order valence-corrected chi connectivity index (χ1v) is 12.5. The number of hydrogen-bond donors (Lipinski definition) is 1. The molecule has 0 radical (unpaired) electrons. The second-order valence-electron chi connectivity index (χ2n) is 7.49. The molecule has 0 aliphatic rings. The molecule has 3 aromatic heterocycles. The van der Waals surface area contributed by atoms with E-state index in [2.05, 4.69) is 34.9 Å². The van der Waals surface area contributed by atoms with Crippen molar-refractivity contribution in [2.45, 2.75) is 44.5 Å². The lowest BCUT2D eigenvalue weighted by molar-refractivity contribution is 0.0910. The van der Waals surface area contributed by atoms with Gasteiger partial charge in [-0.3, -0.25) is 9.29 Å². The molecule has 0 aromatic carbocycles. The van der Waals surface area contributed by atoms with E-state index in [1.54, 1.807) is 13.8 Å². The third-order valence-corrected chi connectivity index (χ3v) is 7.52. The molecule has 0 saturated heterocycles. The number of methoxy groups -OCH3 is 3. The number of sulfonamides is 1. The van der Waals surface area contributed by atoms with E-state index < -0.39 is 27.3 Å². The Morgan fingerprint density at radius 1 is 1.03 bits per heavy atom. The number of aromatic nitrogens is 7. The maximum atomic E-state index is 13.4. The number of hydrogen-bond acceptors (Lipinski definition) is 11. The molecule has 0 bridgehead atoms. The zero-order valence-electron chi connectivity index (χ0n) is 20.1. The van der Waals surface area contributed by atoms with Crippen LogP contribution in [0.5, 0.6) is 11.8 Å². The first-order valence-electron chi connectivity index (χ1n) is 10.6. The molecule has 0 spiro atoms. The van der Waals surface area contributed by atoms with Crippen molar-refractivity contribution in [2.24, 2.45) is 0 Å². The SMILES string of the molecule is CCC(OC)c1nnc(NS(=O)(=O)C(C)C(C)c2ncc(Cl)cn2)n1-c1c(OC)ncnc1OC. The molecule has 3 rings (SSSR count). The van der Waals surface area contributed by atoms with Gasteiger partial charge in [0.25, 0.3) is 0 Å². The Balaban J connectivity index is 2.10. The van der Waals surface area contributed by atoms with Crippen molar-refractivity contribution in [2.75, 3.05) is 26.1 Å². The molecule has 15 heteroatoms. The Labute approximate surface area is 208 Å². The number of nitrogens with zero attached hydrogens (tertiary/aromatic N) is 7. The van der Waals surface area contributed by atoms with E-state index in [0.717, 1.165) is 0 Å². The zero-order chi connectivity index (χ0) is 25.8. The average Bonchev–Trinajstić information content (AvgIpc) is 3.25. The summed E-state index contributed by atoms with van der Waals surface area (Å²) in [6.45, 7) is 5.14. The first kappa shape index (κ1) is 26.5. The fourth-order valence-electron chi connectivity index (χ4n) is 3.34. The minimum atomic E-state index is -4.02. The van der Waals surface area contributed by atoms with Gasteiger partial charge in [0.15, 0.2) is 11.5 Å². The number of ether oxygens (including phenoxy) is 3. The van der Waals surface area contributed by atoms with Crippen LogP contribution in [0, 0.1) is 0 Å². The lowest BCUT2D eigenvalue weighted by Gasteiger charge is -2.21. The minimum Gasteiger partial charge on any atom is -0.479 e. The van der Waals surface area contributed by atoms with Gasteiger partial charge in [0.2, 0.25) is 27.7 Å². The van der Waals surface area contributed by atoms with Crippen molar-refractivity contribution >= 4 is 27.6 Å². The van der Waals surface area contributed by atoms with Crippen molar-refractivity contribution in [3.05, 3.63) is 35.4 Å². The van der Waals surface area contributed by atoms with E-state index in [4.69, 9.17) is 25.8 Å². The second-order valence-corrected chi connectivity index (χ2v) is 9.97. The number of rotatable bonds is 11. The number of halogens is 1. The van der Waals surface area contributed by atoms with Gasteiger partial charge in [0, 0.05) is 25.4 Å². The summed E-state index contributed by atoms with van der Waals surface area (Å²) in [4.78, 5) is 16.5. The molecule has 0 fully saturated rings. The molecule has 3 unspecified atom stereocenters. The molecule has 3 atom stereocenters. The fraction of sp³-hybridized carbons (Fsp3) is 0.500. The Kier molecular flexibility index (Phi) is 8.40. The molecule has 190 valence electrons. The molecule has 35 heavy (non-hydrogen) atoms. The van der Waals surface area contributed by atoms with Crippen molar-refractivity contribution < 1.29 is 22.6 Å². The molecule has 13 nitrogen and oxygen atoms in total. The summed E-state index contributed by atoms with van der Waals surface area (Å²) in [7, 11) is 0.339. The normalized spacial score (nSPS) is 14.3. The third-order valence-electron chi connectivity index (χ3n) is 5.47. The molecular formula is C20H27ClN8O5S. The minimum absolute atomic E-state index is 0.113. The van der Waals surface area contributed by atoms with Crippen LogP contribution in [0.15, 0.2) is 18.7 Å². The van der Waals surface area contributed by atoms with Gasteiger partial charge in [0.05, 0.1) is 24.5 Å². The predicted molar refractivity (Wildman–Crippen MR) is 128 cm³/mol. The van der Waals surface area contributed by atoms with Gasteiger partial charge in [-0.25, -0.2) is 18.4 Å². The number of nitrogens with one attached hydrogen (secondary N) is 1. The highest BCUT2D eigenvalue weighted by molar-refractivity contribution is 7.93. The summed E-state index contributed by atoms with van der Waals surface area (Å²) < 4.78 is 47.1. The summed E-state index contributed by atoms with van der Waals surface area (Å²) in [5.41, 5.74) is 0.215. The second kappa shape index (κ2) is 11.1. The predicted octanol–water partition coefficient (Wildman–Crippen LogP) is 2.55. The van der Waals surface area contributed by atoms with Crippen LogP contribution in [0.2, 0.25) is 5.02 Å². The largest absolute Gasteiger partial charge is 0.479 e. The lowest BCUT2D eigenvalue weighted by Crippen LogP contribution is -2.31. The van der Waals surface area contributed by atoms with Crippen molar-refractivity contribution in [1.29, 1.82) is 0 Å². The molecule has 0 aliphatic heterocycles. The Bertz CT molecular complexity index is 1230. The van der Waals surface area contributed by atoms with Crippen LogP contribution >= 0.6 is 11.6 Å². The fourth-order valence-corrected chi connectivity index (χ4v) is 4.67. The van der Waals surface area contributed by atoms with Crippen LogP contribution in [-0.2, 0) is 14.8 Å². The van der Waals surface area contributed by atoms with Gasteiger partial charge in [-0.1, -0.05) is 25.4 Å². The lowest BCUT2D eigenvalue weighted by atomic mass is 10.1. The third kappa shape index (κ3) is 5.44. The number of anilines is 1. The van der Waals surface area contributed by atoms with Crippen LogP contribution in [0.25, 0.3) is 5.69 Å². The van der Waals surface area contributed by atoms with Crippen LogP contribution in [0.1, 0.15) is 50.9 Å². The molecule has 3 heterocycles. The molecule has 0 aliphatic carbocycles. The van der Waals surface area contributed by atoms with Crippen LogP contribution in [-0.4, -0.2) is 69.7 Å². The van der Waals surface area contributed by atoms with E-state index in [0.29, 0.717) is 23.1 Å². The maximum Gasteiger partial charge on any atom is 0.245 e. The summed E-state index contributed by atoms with van der Waals surface area (Å²) in [5, 5.41) is 7.70. The van der Waals surface area contributed by atoms with E-state index in [-0.39, 0.29) is 23.4 Å².